The number of hydrogen-bond acceptors (Lipinski definition) is 1. The maximum absolute atomic E-state index is 12.3. The number of nitrogens with zero attached hydrogens (tertiary/aromatic N) is 1. The van der Waals surface area contributed by atoms with Gasteiger partial charge >= 0.3 is 0 Å². The Balaban J connectivity index is 3.68. The average molecular weight is 198 g/mol. The number of benzene rings is 1. The van der Waals surface area contributed by atoms with Crippen molar-refractivity contribution in [3.63, 3.8) is 0 Å². The topological polar surface area (TPSA) is 20.3 Å². The summed E-state index contributed by atoms with van der Waals surface area (Å²) in [5.41, 5.74) is -1.08. The van der Waals surface area contributed by atoms with E-state index in [1.165, 1.54) is 4.90 Å². The van der Waals surface area contributed by atoms with E-state index in [4.69, 9.17) is 9.60 Å². The predicted octanol–water partition coefficient (Wildman–Crippen LogP) is 2.48. The largest absolute Gasteiger partial charge is 0.339 e. The summed E-state index contributed by atoms with van der Waals surface area (Å²) in [4.78, 5) is 13.7. The molecule has 0 heterocycles. The van der Waals surface area contributed by atoms with Gasteiger partial charge in [-0.25, -0.2) is 0 Å². The van der Waals surface area contributed by atoms with Crippen molar-refractivity contribution in [2.75, 3.05) is 13.1 Å². The minimum atomic E-state index is -2.78. The van der Waals surface area contributed by atoms with E-state index in [0.717, 1.165) is 0 Å². The molecular weight excluding hydrogens is 174 g/mol. The van der Waals surface area contributed by atoms with Crippen molar-refractivity contribution in [3.05, 3.63) is 35.3 Å². The second-order valence-electron chi connectivity index (χ2n) is 2.73. The molecule has 0 aromatic heterocycles. The zero-order chi connectivity index (χ0) is 16.5. The zero-order valence-electron chi connectivity index (χ0n) is 15.3. The molecule has 1 aromatic rings. The van der Waals surface area contributed by atoms with Gasteiger partial charge in [-0.1, -0.05) is 17.6 Å². The summed E-state index contributed by atoms with van der Waals surface area (Å²) in [7, 11) is 0. The highest BCUT2D eigenvalue weighted by atomic mass is 16.2. The second kappa shape index (κ2) is 4.80. The van der Waals surface area contributed by atoms with Crippen molar-refractivity contribution in [1.82, 2.24) is 4.90 Å². The summed E-state index contributed by atoms with van der Waals surface area (Å²) in [6.45, 7) is 1.34. The molecule has 1 amide bonds. The van der Waals surface area contributed by atoms with Crippen molar-refractivity contribution < 1.29 is 14.4 Å². The van der Waals surface area contributed by atoms with Gasteiger partial charge < -0.3 is 4.90 Å². The van der Waals surface area contributed by atoms with Crippen LogP contribution in [0.3, 0.4) is 0 Å². The van der Waals surface area contributed by atoms with Crippen LogP contribution >= 0.6 is 0 Å². The highest BCUT2D eigenvalue weighted by Gasteiger charge is 2.11. The molecule has 0 bridgehead atoms. The van der Waals surface area contributed by atoms with Gasteiger partial charge in [0.15, 0.2) is 0 Å². The lowest BCUT2D eigenvalue weighted by Gasteiger charge is -2.18. The fourth-order valence-electron chi connectivity index (χ4n) is 1.12. The van der Waals surface area contributed by atoms with Gasteiger partial charge in [0.25, 0.3) is 5.91 Å². The van der Waals surface area contributed by atoms with E-state index in [2.05, 4.69) is 0 Å². The van der Waals surface area contributed by atoms with Gasteiger partial charge in [-0.2, -0.15) is 0 Å². The van der Waals surface area contributed by atoms with E-state index in [0.29, 0.717) is 13.1 Å². The number of rotatable bonds is 3. The number of carbonyl (C=O) groups excluding carboxylic acids is 1. The maximum atomic E-state index is 12.3. The monoisotopic (exact) mass is 198 g/mol. The molecule has 0 aliphatic carbocycles. The standard InChI is InChI=1S/C12H17NO/c1-4-13(5-2)12(14)11-8-6-7-10(3)9-11/h6-9H,4-5H2,1-3H3/i3D3,6D,7D,8D,9D. The van der Waals surface area contributed by atoms with Gasteiger partial charge in [0.1, 0.15) is 0 Å². The lowest BCUT2D eigenvalue weighted by atomic mass is 10.1. The van der Waals surface area contributed by atoms with Crippen LogP contribution in [0.2, 0.25) is 0 Å². The van der Waals surface area contributed by atoms with E-state index in [1.807, 2.05) is 0 Å². The molecular formula is C12H17NO. The third kappa shape index (κ3) is 2.34. The van der Waals surface area contributed by atoms with Crippen molar-refractivity contribution in [1.29, 1.82) is 0 Å². The zero-order valence-corrected chi connectivity index (χ0v) is 8.27. The highest BCUT2D eigenvalue weighted by molar-refractivity contribution is 5.94. The van der Waals surface area contributed by atoms with E-state index in [9.17, 15) is 4.79 Å². The van der Waals surface area contributed by atoms with E-state index in [-0.39, 0.29) is 0 Å². The van der Waals surface area contributed by atoms with Crippen LogP contribution in [-0.2, 0) is 0 Å². The Hall–Kier alpha value is -1.31. The molecule has 0 saturated heterocycles. The fraction of sp³-hybridized carbons (Fsp3) is 0.417. The molecule has 0 unspecified atom stereocenters. The first-order chi connectivity index (χ1) is 9.57. The van der Waals surface area contributed by atoms with E-state index in [1.54, 1.807) is 13.8 Å². The molecule has 0 aliphatic heterocycles. The van der Waals surface area contributed by atoms with Gasteiger partial charge in [0.2, 0.25) is 0 Å². The van der Waals surface area contributed by atoms with E-state index < -0.39 is 48.1 Å². The molecule has 14 heavy (non-hydrogen) atoms. The first-order valence-corrected chi connectivity index (χ1v) is 4.47. The Morgan fingerprint density at radius 1 is 1.50 bits per heavy atom. The van der Waals surface area contributed by atoms with Crippen LogP contribution in [0.4, 0.5) is 0 Å². The van der Waals surface area contributed by atoms with Gasteiger partial charge in [-0.15, -0.1) is 0 Å². The van der Waals surface area contributed by atoms with Crippen molar-refractivity contribution >= 4 is 5.91 Å². The summed E-state index contributed by atoms with van der Waals surface area (Å²) in [6, 6.07) is -2.57. The lowest BCUT2D eigenvalue weighted by Crippen LogP contribution is -2.30. The van der Waals surface area contributed by atoms with Crippen LogP contribution in [0.15, 0.2) is 24.2 Å². The Morgan fingerprint density at radius 3 is 2.79 bits per heavy atom. The van der Waals surface area contributed by atoms with Gasteiger partial charge in [-0.05, 0) is 32.8 Å². The minimum Gasteiger partial charge on any atom is -0.339 e. The first-order valence-electron chi connectivity index (χ1n) is 7.97. The van der Waals surface area contributed by atoms with E-state index >= 15 is 0 Å². The molecule has 0 saturated carbocycles. The highest BCUT2D eigenvalue weighted by Crippen LogP contribution is 2.07. The predicted molar refractivity (Wildman–Crippen MR) is 58.4 cm³/mol. The minimum absolute atomic E-state index is 0.341. The molecule has 2 nitrogen and oxygen atoms in total. The van der Waals surface area contributed by atoms with Gasteiger partial charge in [0, 0.05) is 22.8 Å². The molecule has 1 rings (SSSR count). The molecule has 0 radical (unpaired) electrons. The molecule has 0 spiro atoms. The van der Waals surface area contributed by atoms with Crippen molar-refractivity contribution in [2.24, 2.45) is 0 Å². The summed E-state index contributed by atoms with van der Waals surface area (Å²) in [5, 5.41) is 0. The van der Waals surface area contributed by atoms with Crippen LogP contribution in [0.5, 0.6) is 0 Å². The van der Waals surface area contributed by atoms with Crippen LogP contribution in [-0.4, -0.2) is 23.9 Å². The van der Waals surface area contributed by atoms with Gasteiger partial charge in [-0.3, -0.25) is 4.79 Å². The summed E-state index contributed by atoms with van der Waals surface area (Å²) < 4.78 is 53.2. The maximum Gasteiger partial charge on any atom is 0.253 e. The lowest BCUT2D eigenvalue weighted by molar-refractivity contribution is 0.0773. The van der Waals surface area contributed by atoms with Crippen molar-refractivity contribution in [3.8, 4) is 0 Å². The normalized spacial score (nSPS) is 18.0. The molecule has 0 atom stereocenters. The molecule has 0 aliphatic rings. The smallest absolute Gasteiger partial charge is 0.253 e. The SMILES string of the molecule is [2H]c1c([2H])c(C(=O)N(CC)CC)c([2H])c(C([2H])([2H])[2H])c1[2H]. The third-order valence-electron chi connectivity index (χ3n) is 1.89. The number of carbonyl (C=O) groups is 1. The Bertz CT molecular complexity index is 564. The number of hydrogen-bond donors (Lipinski definition) is 0. The average Bonchev–Trinajstić information content (AvgIpc) is 2.36. The van der Waals surface area contributed by atoms with Crippen LogP contribution < -0.4 is 0 Å². The van der Waals surface area contributed by atoms with Crippen LogP contribution in [0.1, 0.15) is 39.4 Å². The quantitative estimate of drug-likeness (QED) is 0.730. The van der Waals surface area contributed by atoms with Crippen LogP contribution in [0.25, 0.3) is 0 Å². The summed E-state index contributed by atoms with van der Waals surface area (Å²) >= 11 is 0. The Morgan fingerprint density at radius 2 is 2.21 bits per heavy atom. The van der Waals surface area contributed by atoms with Crippen LogP contribution in [0, 0.1) is 6.85 Å². The molecule has 1 aromatic carbocycles. The fourth-order valence-corrected chi connectivity index (χ4v) is 1.12. The summed E-state index contributed by atoms with van der Waals surface area (Å²) in [5.74, 6) is -0.658. The molecule has 0 fully saturated rings. The molecule has 2 heteroatoms. The molecule has 76 valence electrons. The van der Waals surface area contributed by atoms with Crippen molar-refractivity contribution in [2.45, 2.75) is 20.7 Å². The Kier molecular flexibility index (Phi) is 1.53. The van der Waals surface area contributed by atoms with Gasteiger partial charge in [0.05, 0.1) is 5.48 Å². The summed E-state index contributed by atoms with van der Waals surface area (Å²) in [6.07, 6.45) is 0. The third-order valence-corrected chi connectivity index (χ3v) is 1.89. The Labute approximate surface area is 95.4 Å². The second-order valence-corrected chi connectivity index (χ2v) is 2.73. The first kappa shape index (κ1) is 4.47. The number of amides is 1. The molecule has 0 N–H and O–H groups in total.